The first-order valence-electron chi connectivity index (χ1n) is 12.8. The summed E-state index contributed by atoms with van der Waals surface area (Å²) in [6, 6.07) is 0. The number of fused-ring (bicyclic) bond motifs is 5. The van der Waals surface area contributed by atoms with Gasteiger partial charge in [0.1, 0.15) is 36.4 Å². The molecule has 0 amide bonds. The summed E-state index contributed by atoms with van der Waals surface area (Å²) in [6.45, 7) is -0.874. The van der Waals surface area contributed by atoms with Crippen LogP contribution in [0.2, 0.25) is 0 Å². The van der Waals surface area contributed by atoms with E-state index in [9.17, 15) is 22.7 Å². The van der Waals surface area contributed by atoms with Crippen molar-refractivity contribution in [3.8, 4) is 0 Å². The number of H-pyrrole nitrogens is 1. The number of hydrogen-bond donors (Lipinski definition) is 5. The minimum atomic E-state index is -4.72. The van der Waals surface area contributed by atoms with Crippen LogP contribution < -0.4 is 21.7 Å². The topological polar surface area (TPSA) is 289 Å². The molecule has 3 aliphatic rings. The lowest BCUT2D eigenvalue weighted by molar-refractivity contribution is -0.0486. The molecule has 7 rings (SSSR count). The molecule has 4 aromatic heterocycles. The molecule has 4 aromatic rings. The Hall–Kier alpha value is -3.60. The third-order valence-corrected chi connectivity index (χ3v) is 9.18. The number of nitrogens with two attached hydrogens (primary N) is 2. The Bertz CT molecular complexity index is 1930. The lowest BCUT2D eigenvalue weighted by Gasteiger charge is -2.24. The fourth-order valence-corrected chi connectivity index (χ4v) is 7.20. The highest BCUT2D eigenvalue weighted by Crippen LogP contribution is 2.49. The van der Waals surface area contributed by atoms with Crippen molar-refractivity contribution in [3.05, 3.63) is 29.3 Å². The standard InChI is InChI=1S/C20H24N11O10PS/c21-15-13-16(24-5-23-15)30(6-25-13)12-2-9-11(39-12)3-27-43(35,36)41-10-1-8(4-37-42(33,34)40-9)38-19(10)31-7-26-14-17(31)28-20(22)29-18(14)32/h5-12,19,27H,1-4H2,(H,33,34)(H2,21,23,24)(H3,22,28,29,32)/t8-,9-,10+,11+,12+,19+/m0/s1. The molecule has 0 radical (unpaired) electrons. The van der Waals surface area contributed by atoms with Crippen molar-refractivity contribution >= 4 is 52.2 Å². The number of imidazole rings is 2. The summed E-state index contributed by atoms with van der Waals surface area (Å²) < 4.78 is 72.5. The molecule has 43 heavy (non-hydrogen) atoms. The van der Waals surface area contributed by atoms with Crippen molar-refractivity contribution in [2.24, 2.45) is 0 Å². The van der Waals surface area contributed by atoms with Gasteiger partial charge >= 0.3 is 18.1 Å². The van der Waals surface area contributed by atoms with Gasteiger partial charge in [0.25, 0.3) is 5.56 Å². The van der Waals surface area contributed by atoms with Gasteiger partial charge in [0.15, 0.2) is 28.9 Å². The summed E-state index contributed by atoms with van der Waals surface area (Å²) in [4.78, 5) is 45.5. The van der Waals surface area contributed by atoms with Crippen LogP contribution in [-0.2, 0) is 37.6 Å². The van der Waals surface area contributed by atoms with Gasteiger partial charge in [0.05, 0.1) is 25.4 Å². The number of hydrogen-bond acceptors (Lipinski definition) is 16. The second-order valence-corrected chi connectivity index (χ2v) is 12.7. The summed E-state index contributed by atoms with van der Waals surface area (Å²) in [5, 5.41) is 0. The fourth-order valence-electron chi connectivity index (χ4n) is 5.29. The van der Waals surface area contributed by atoms with Gasteiger partial charge < -0.3 is 25.8 Å². The molecule has 0 aliphatic carbocycles. The van der Waals surface area contributed by atoms with E-state index in [0.29, 0.717) is 11.2 Å². The van der Waals surface area contributed by atoms with E-state index in [0.717, 1.165) is 0 Å². The molecule has 7 atom stereocenters. The molecule has 3 fully saturated rings. The molecule has 1 unspecified atom stereocenters. The van der Waals surface area contributed by atoms with Crippen molar-refractivity contribution in [2.75, 3.05) is 24.6 Å². The average Bonchev–Trinajstić information content (AvgIpc) is 3.71. The first-order valence-corrected chi connectivity index (χ1v) is 15.7. The molecule has 21 nitrogen and oxygen atoms in total. The summed E-state index contributed by atoms with van der Waals surface area (Å²) in [7, 11) is -9.19. The van der Waals surface area contributed by atoms with Gasteiger partial charge in [-0.05, 0) is 0 Å². The maximum atomic E-state index is 13.1. The Kier molecular flexibility index (Phi) is 6.72. The molecule has 7 N–H and O–H groups in total. The first-order chi connectivity index (χ1) is 20.5. The number of phosphoric acid groups is 1. The molecule has 2 bridgehead atoms. The minimum absolute atomic E-state index is 0.00409. The van der Waals surface area contributed by atoms with E-state index in [1.807, 2.05) is 0 Å². The van der Waals surface area contributed by atoms with Crippen molar-refractivity contribution in [3.63, 3.8) is 0 Å². The Labute approximate surface area is 240 Å². The molecule has 3 saturated heterocycles. The highest BCUT2D eigenvalue weighted by atomic mass is 32.2. The highest BCUT2D eigenvalue weighted by molar-refractivity contribution is 7.84. The van der Waals surface area contributed by atoms with Crippen molar-refractivity contribution in [1.29, 1.82) is 0 Å². The maximum Gasteiger partial charge on any atom is 0.472 e. The van der Waals surface area contributed by atoms with E-state index < -0.39 is 73.7 Å². The number of rotatable bonds is 2. The second-order valence-electron chi connectivity index (χ2n) is 9.95. The van der Waals surface area contributed by atoms with E-state index in [4.69, 9.17) is 34.2 Å². The third kappa shape index (κ3) is 5.25. The Morgan fingerprint density at radius 3 is 2.63 bits per heavy atom. The monoisotopic (exact) mass is 641 g/mol. The first kappa shape index (κ1) is 28.2. The molecule has 23 heteroatoms. The predicted octanol–water partition coefficient (Wildman–Crippen LogP) is -1.57. The largest absolute Gasteiger partial charge is 0.472 e. The number of aromatic nitrogens is 8. The van der Waals surface area contributed by atoms with Crippen LogP contribution in [-0.4, -0.2) is 89.9 Å². The Morgan fingerprint density at radius 1 is 1.00 bits per heavy atom. The van der Waals surface area contributed by atoms with Gasteiger partial charge in [0.2, 0.25) is 5.95 Å². The number of aromatic amines is 1. The van der Waals surface area contributed by atoms with E-state index in [-0.39, 0.29) is 35.8 Å². The minimum Gasteiger partial charge on any atom is -0.382 e. The SMILES string of the molecule is Nc1nc2c(ncn2[C@@H]2O[C@@H]3COP(=O)(O)O[C@H]4C[C@H](n5cnc6c(N)ncnc65)O[C@@H]4CNS(=O)(=O)O[C@@H]2C3)c(=O)[nH]1. The number of nitrogens with one attached hydrogen (secondary N) is 2. The van der Waals surface area contributed by atoms with E-state index in [1.165, 1.54) is 28.1 Å². The van der Waals surface area contributed by atoms with Crippen LogP contribution >= 0.6 is 7.82 Å². The van der Waals surface area contributed by atoms with Crippen LogP contribution in [0.5, 0.6) is 0 Å². The van der Waals surface area contributed by atoms with Crippen LogP contribution in [0.15, 0.2) is 23.8 Å². The Balaban J connectivity index is 1.17. The number of phosphoric ester groups is 1. The number of nitrogen functional groups attached to an aromatic ring is 2. The van der Waals surface area contributed by atoms with E-state index >= 15 is 0 Å². The average molecular weight is 642 g/mol. The lowest BCUT2D eigenvalue weighted by Crippen LogP contribution is -2.40. The van der Waals surface area contributed by atoms with Crippen LogP contribution in [0.4, 0.5) is 11.8 Å². The van der Waals surface area contributed by atoms with Gasteiger partial charge in [-0.1, -0.05) is 0 Å². The van der Waals surface area contributed by atoms with Crippen LogP contribution in [0.25, 0.3) is 22.3 Å². The van der Waals surface area contributed by atoms with E-state index in [1.54, 1.807) is 0 Å². The molecule has 0 aromatic carbocycles. The molecule has 0 saturated carbocycles. The third-order valence-electron chi connectivity index (χ3n) is 7.15. The van der Waals surface area contributed by atoms with Gasteiger partial charge in [-0.2, -0.15) is 18.1 Å². The number of nitrogens with zero attached hydrogens (tertiary/aromatic N) is 7. The van der Waals surface area contributed by atoms with Crippen LogP contribution in [0, 0.1) is 0 Å². The summed E-state index contributed by atoms with van der Waals surface area (Å²) >= 11 is 0. The van der Waals surface area contributed by atoms with Crippen molar-refractivity contribution in [2.45, 2.75) is 49.7 Å². The molecular weight excluding hydrogens is 617 g/mol. The molecule has 0 spiro atoms. The normalized spacial score (nSPS) is 33.1. The maximum absolute atomic E-state index is 13.1. The number of ether oxygens (including phenoxy) is 2. The molecular formula is C20H24N11O10PS. The quantitative estimate of drug-likeness (QED) is 0.155. The summed E-state index contributed by atoms with van der Waals surface area (Å²) in [6.07, 6.45) is -2.51. The van der Waals surface area contributed by atoms with Crippen LogP contribution in [0.1, 0.15) is 25.3 Å². The van der Waals surface area contributed by atoms with Crippen LogP contribution in [0.3, 0.4) is 0 Å². The smallest absolute Gasteiger partial charge is 0.382 e. The Morgan fingerprint density at radius 2 is 1.79 bits per heavy atom. The molecule has 230 valence electrons. The lowest BCUT2D eigenvalue weighted by atomic mass is 10.2. The zero-order chi connectivity index (χ0) is 30.1. The zero-order valence-corrected chi connectivity index (χ0v) is 23.5. The molecule has 3 aliphatic heterocycles. The van der Waals surface area contributed by atoms with E-state index in [2.05, 4.69) is 34.6 Å². The second kappa shape index (κ2) is 10.2. The predicted molar refractivity (Wildman–Crippen MR) is 142 cm³/mol. The summed E-state index contributed by atoms with van der Waals surface area (Å²) in [5.41, 5.74) is 11.5. The van der Waals surface area contributed by atoms with Crippen molar-refractivity contribution in [1.82, 2.24) is 43.8 Å². The van der Waals surface area contributed by atoms with Crippen molar-refractivity contribution < 1.29 is 40.6 Å². The van der Waals surface area contributed by atoms with Gasteiger partial charge in [0, 0.05) is 19.4 Å². The highest BCUT2D eigenvalue weighted by Gasteiger charge is 2.46. The fraction of sp³-hybridized carbons (Fsp3) is 0.500. The summed E-state index contributed by atoms with van der Waals surface area (Å²) in [5.74, 6) is -0.0583. The zero-order valence-electron chi connectivity index (χ0n) is 21.8. The molecule has 7 heterocycles. The van der Waals surface area contributed by atoms with Gasteiger partial charge in [-0.15, -0.1) is 0 Å². The number of anilines is 2. The van der Waals surface area contributed by atoms with Gasteiger partial charge in [-0.25, -0.2) is 28.7 Å². The van der Waals surface area contributed by atoms with Gasteiger partial charge in [-0.3, -0.25) is 28.0 Å².